The molecule has 1 amide bonds. The molecule has 2 aliphatic rings. The number of nitrogens with zero attached hydrogens (tertiary/aromatic N) is 1. The Balaban J connectivity index is 1.55. The molecule has 0 aromatic heterocycles. The summed E-state index contributed by atoms with van der Waals surface area (Å²) in [6.45, 7) is 0.877. The lowest BCUT2D eigenvalue weighted by molar-refractivity contribution is -0.136. The van der Waals surface area contributed by atoms with E-state index in [4.69, 9.17) is 14.2 Å². The first-order chi connectivity index (χ1) is 17.4. The van der Waals surface area contributed by atoms with Gasteiger partial charge in [-0.15, -0.1) is 0 Å². The highest BCUT2D eigenvalue weighted by Crippen LogP contribution is 2.51. The number of esters is 2. The van der Waals surface area contributed by atoms with Crippen molar-refractivity contribution < 1.29 is 28.6 Å². The molecule has 1 aliphatic carbocycles. The number of benzene rings is 2. The van der Waals surface area contributed by atoms with Gasteiger partial charge in [0.25, 0.3) is 5.91 Å². The topological polar surface area (TPSA) is 106 Å². The summed E-state index contributed by atoms with van der Waals surface area (Å²) in [7, 11) is 5.03. The van der Waals surface area contributed by atoms with E-state index in [1.54, 1.807) is 19.0 Å². The van der Waals surface area contributed by atoms with Crippen molar-refractivity contribution in [2.24, 2.45) is 0 Å². The van der Waals surface area contributed by atoms with Crippen molar-refractivity contribution >= 4 is 34.3 Å². The molecule has 9 nitrogen and oxygen atoms in total. The summed E-state index contributed by atoms with van der Waals surface area (Å²) in [5.74, 6) is -2.27. The summed E-state index contributed by atoms with van der Waals surface area (Å²) in [6.07, 6.45) is 8.08. The van der Waals surface area contributed by atoms with Crippen molar-refractivity contribution in [1.29, 1.82) is 0 Å². The third kappa shape index (κ3) is 5.46. The molecule has 1 heterocycles. The average Bonchev–Trinajstić information content (AvgIpc) is 3.13. The predicted molar refractivity (Wildman–Crippen MR) is 137 cm³/mol. The van der Waals surface area contributed by atoms with Crippen LogP contribution in [-0.2, 0) is 14.4 Å². The number of hydrogen-bond donors (Lipinski definition) is 2. The van der Waals surface area contributed by atoms with Crippen LogP contribution in [0.15, 0.2) is 35.9 Å². The van der Waals surface area contributed by atoms with Crippen LogP contribution in [0.4, 0.5) is 5.69 Å². The lowest BCUT2D eigenvalue weighted by atomic mass is 10.0. The molecule has 1 fully saturated rings. The van der Waals surface area contributed by atoms with Gasteiger partial charge in [-0.1, -0.05) is 49.9 Å². The van der Waals surface area contributed by atoms with Gasteiger partial charge in [-0.3, -0.25) is 4.79 Å². The largest absolute Gasteiger partial charge is 0.492 e. The van der Waals surface area contributed by atoms with Crippen LogP contribution < -0.4 is 29.7 Å². The Morgan fingerprint density at radius 2 is 1.69 bits per heavy atom. The Morgan fingerprint density at radius 3 is 2.36 bits per heavy atom. The number of carbonyl (C=O) groups is 3. The van der Waals surface area contributed by atoms with Crippen molar-refractivity contribution in [3.63, 3.8) is 0 Å². The predicted octanol–water partition coefficient (Wildman–Crippen LogP) is 3.09. The van der Waals surface area contributed by atoms with Gasteiger partial charge in [0.1, 0.15) is 5.57 Å². The monoisotopic (exact) mass is 495 g/mol. The zero-order chi connectivity index (χ0) is 25.7. The first-order valence-corrected chi connectivity index (χ1v) is 12.4. The lowest BCUT2D eigenvalue weighted by Crippen LogP contribution is -2.39. The van der Waals surface area contributed by atoms with Gasteiger partial charge in [0.2, 0.25) is 11.5 Å². The molecule has 4 rings (SSSR count). The number of carbonyl (C=O) groups excluding carboxylic acids is 3. The number of rotatable bonds is 7. The number of hydrogen-bond acceptors (Lipinski definition) is 8. The van der Waals surface area contributed by atoms with Gasteiger partial charge in [-0.05, 0) is 12.8 Å². The third-order valence-electron chi connectivity index (χ3n) is 6.53. The van der Waals surface area contributed by atoms with E-state index < -0.39 is 23.4 Å². The van der Waals surface area contributed by atoms with Crippen molar-refractivity contribution in [3.05, 3.63) is 35.9 Å². The molecule has 9 heteroatoms. The molecular formula is C27H33N3O6. The van der Waals surface area contributed by atoms with Crippen LogP contribution in [0.3, 0.4) is 0 Å². The summed E-state index contributed by atoms with van der Waals surface area (Å²) in [4.78, 5) is 40.4. The average molecular weight is 496 g/mol. The highest BCUT2D eigenvalue weighted by atomic mass is 16.6. The van der Waals surface area contributed by atoms with Gasteiger partial charge in [0.15, 0.2) is 5.75 Å². The van der Waals surface area contributed by atoms with Gasteiger partial charge in [-0.25, -0.2) is 9.59 Å². The molecule has 0 atom stereocenters. The van der Waals surface area contributed by atoms with E-state index in [1.165, 1.54) is 32.8 Å². The van der Waals surface area contributed by atoms with Crippen LogP contribution in [-0.4, -0.2) is 58.2 Å². The second-order valence-electron chi connectivity index (χ2n) is 9.25. The highest BCUT2D eigenvalue weighted by molar-refractivity contribution is 6.21. The molecule has 0 radical (unpaired) electrons. The summed E-state index contributed by atoms with van der Waals surface area (Å²) in [5.41, 5.74) is 0.121. The van der Waals surface area contributed by atoms with E-state index in [0.29, 0.717) is 30.2 Å². The number of fused-ring (bicyclic) bond motifs is 2. The Labute approximate surface area is 210 Å². The van der Waals surface area contributed by atoms with Crippen LogP contribution in [0.1, 0.15) is 38.5 Å². The molecule has 192 valence electrons. The summed E-state index contributed by atoms with van der Waals surface area (Å²) < 4.78 is 16.8. The minimum Gasteiger partial charge on any atom is -0.492 e. The van der Waals surface area contributed by atoms with E-state index in [-0.39, 0.29) is 17.2 Å². The normalized spacial score (nSPS) is 18.0. The van der Waals surface area contributed by atoms with Crippen LogP contribution in [0.2, 0.25) is 0 Å². The van der Waals surface area contributed by atoms with Crippen LogP contribution in [0.25, 0.3) is 10.8 Å². The molecule has 2 N–H and O–H groups in total. The van der Waals surface area contributed by atoms with Crippen molar-refractivity contribution in [2.45, 2.75) is 44.6 Å². The fourth-order valence-corrected chi connectivity index (χ4v) is 4.82. The van der Waals surface area contributed by atoms with E-state index in [9.17, 15) is 14.4 Å². The van der Waals surface area contributed by atoms with Crippen molar-refractivity contribution in [3.8, 4) is 17.2 Å². The molecule has 1 saturated carbocycles. The van der Waals surface area contributed by atoms with Crippen molar-refractivity contribution in [2.75, 3.05) is 39.2 Å². The number of nitrogens with one attached hydrogen (secondary N) is 2. The Morgan fingerprint density at radius 1 is 1.00 bits per heavy atom. The SMILES string of the molecule is COc1c2c(c(N(C)C)c3ccccc13)OC(=O)/C=C(/C(=O)NCCNC1CCCCCC1)C(=O)O2. The second-order valence-corrected chi connectivity index (χ2v) is 9.25. The zero-order valence-corrected chi connectivity index (χ0v) is 21.0. The second kappa shape index (κ2) is 11.4. The number of ether oxygens (including phenoxy) is 3. The van der Waals surface area contributed by atoms with Crippen LogP contribution in [0.5, 0.6) is 17.2 Å². The molecule has 0 spiro atoms. The van der Waals surface area contributed by atoms with Crippen LogP contribution >= 0.6 is 0 Å². The molecular weight excluding hydrogens is 462 g/mol. The standard InChI is InChI=1S/C27H33N3O6/c1-30(2)22-18-12-8-9-13-19(18)23(34-3)25-24(22)35-21(31)16-20(27(33)36-25)26(32)29-15-14-28-17-10-6-4-5-7-11-17/h8-9,12-13,16-17,28H,4-7,10-11,14-15H2,1-3H3,(H,29,32)/b20-16-. The Bertz CT molecular complexity index is 1180. The van der Waals surface area contributed by atoms with Gasteiger partial charge < -0.3 is 29.7 Å². The third-order valence-corrected chi connectivity index (χ3v) is 6.53. The van der Waals surface area contributed by atoms with Crippen molar-refractivity contribution in [1.82, 2.24) is 10.6 Å². The van der Waals surface area contributed by atoms with Gasteiger partial charge in [0, 0.05) is 50.1 Å². The first kappa shape index (κ1) is 25.5. The summed E-state index contributed by atoms with van der Waals surface area (Å²) >= 11 is 0. The molecule has 2 aromatic carbocycles. The number of amides is 1. The molecule has 2 aromatic rings. The molecule has 0 bridgehead atoms. The lowest BCUT2D eigenvalue weighted by Gasteiger charge is -2.25. The minimum atomic E-state index is -0.958. The van der Waals surface area contributed by atoms with E-state index in [2.05, 4.69) is 10.6 Å². The summed E-state index contributed by atoms with van der Waals surface area (Å²) in [6, 6.07) is 7.80. The maximum Gasteiger partial charge on any atom is 0.349 e. The summed E-state index contributed by atoms with van der Waals surface area (Å²) in [5, 5.41) is 7.59. The van der Waals surface area contributed by atoms with E-state index in [0.717, 1.165) is 24.3 Å². The zero-order valence-electron chi connectivity index (χ0n) is 21.0. The Hall–Kier alpha value is -3.59. The smallest absolute Gasteiger partial charge is 0.349 e. The van der Waals surface area contributed by atoms with Gasteiger partial charge in [0.05, 0.1) is 12.8 Å². The van der Waals surface area contributed by atoms with E-state index in [1.807, 2.05) is 24.3 Å². The quantitative estimate of drug-likeness (QED) is 0.198. The molecule has 36 heavy (non-hydrogen) atoms. The van der Waals surface area contributed by atoms with Crippen LogP contribution in [0, 0.1) is 0 Å². The molecule has 1 aliphatic heterocycles. The van der Waals surface area contributed by atoms with Gasteiger partial charge >= 0.3 is 11.9 Å². The van der Waals surface area contributed by atoms with Gasteiger partial charge in [-0.2, -0.15) is 0 Å². The fourth-order valence-electron chi connectivity index (χ4n) is 4.82. The maximum absolute atomic E-state index is 13.1. The van der Waals surface area contributed by atoms with E-state index >= 15 is 0 Å². The Kier molecular flexibility index (Phi) is 8.10. The highest BCUT2D eigenvalue weighted by Gasteiger charge is 2.32. The molecule has 0 unspecified atom stereocenters. The molecule has 0 saturated heterocycles. The fraction of sp³-hybridized carbons (Fsp3) is 0.444. The first-order valence-electron chi connectivity index (χ1n) is 12.4. The minimum absolute atomic E-state index is 0.0494. The maximum atomic E-state index is 13.1. The number of methoxy groups -OCH3 is 1. The number of anilines is 1.